The van der Waals surface area contributed by atoms with E-state index in [2.05, 4.69) is 22.5 Å². The summed E-state index contributed by atoms with van der Waals surface area (Å²) in [6, 6.07) is 3.60. The van der Waals surface area contributed by atoms with Crippen molar-refractivity contribution >= 4 is 23.2 Å². The van der Waals surface area contributed by atoms with E-state index in [-0.39, 0.29) is 17.9 Å². The zero-order valence-corrected chi connectivity index (χ0v) is 11.2. The van der Waals surface area contributed by atoms with Gasteiger partial charge in [0.15, 0.2) is 0 Å². The van der Waals surface area contributed by atoms with Gasteiger partial charge in [-0.25, -0.2) is 0 Å². The second-order valence-electron chi connectivity index (χ2n) is 4.18. The minimum atomic E-state index is -0.132. The normalized spacial score (nSPS) is 17.5. The summed E-state index contributed by atoms with van der Waals surface area (Å²) in [5, 5.41) is 5.62. The standard InChI is InChI=1S/C13H15N3O2S/c14-7-1-2-10-4-5-11(19-10)13(18)15-8-9-3-6-12(17)16-9/h4-5,9H,3,6-8,14H2,(H,15,18)(H,16,17). The number of amides is 2. The minimum Gasteiger partial charge on any atom is -0.352 e. The molecule has 1 fully saturated rings. The van der Waals surface area contributed by atoms with Crippen LogP contribution >= 0.6 is 11.3 Å². The van der Waals surface area contributed by atoms with Crippen molar-refractivity contribution in [2.75, 3.05) is 13.1 Å². The average molecular weight is 277 g/mol. The Labute approximate surface area is 115 Å². The molecule has 0 saturated carbocycles. The molecule has 0 aromatic carbocycles. The summed E-state index contributed by atoms with van der Waals surface area (Å²) in [5.74, 6) is 5.55. The van der Waals surface area contributed by atoms with Gasteiger partial charge in [-0.3, -0.25) is 9.59 Å². The molecule has 1 unspecified atom stereocenters. The van der Waals surface area contributed by atoms with Gasteiger partial charge in [0.25, 0.3) is 5.91 Å². The zero-order valence-electron chi connectivity index (χ0n) is 10.4. The molecule has 2 rings (SSSR count). The van der Waals surface area contributed by atoms with Crippen molar-refractivity contribution in [1.29, 1.82) is 0 Å². The van der Waals surface area contributed by atoms with Gasteiger partial charge in [0.1, 0.15) is 0 Å². The Hall–Kier alpha value is -1.84. The first-order chi connectivity index (χ1) is 9.19. The Morgan fingerprint density at radius 3 is 3.11 bits per heavy atom. The Morgan fingerprint density at radius 2 is 2.42 bits per heavy atom. The molecular weight excluding hydrogens is 262 g/mol. The van der Waals surface area contributed by atoms with E-state index in [0.717, 1.165) is 11.3 Å². The molecule has 2 amide bonds. The number of thiophene rings is 1. The maximum atomic E-state index is 11.9. The lowest BCUT2D eigenvalue weighted by atomic mass is 10.2. The van der Waals surface area contributed by atoms with Crippen LogP contribution in [0.3, 0.4) is 0 Å². The number of hydrogen-bond acceptors (Lipinski definition) is 4. The van der Waals surface area contributed by atoms with Gasteiger partial charge < -0.3 is 16.4 Å². The summed E-state index contributed by atoms with van der Waals surface area (Å²) in [5.41, 5.74) is 5.29. The SMILES string of the molecule is NCC#Cc1ccc(C(=O)NCC2CCC(=O)N2)s1. The lowest BCUT2D eigenvalue weighted by Crippen LogP contribution is -2.38. The van der Waals surface area contributed by atoms with Crippen molar-refractivity contribution in [2.24, 2.45) is 5.73 Å². The van der Waals surface area contributed by atoms with Crippen molar-refractivity contribution in [3.63, 3.8) is 0 Å². The Kier molecular flexibility index (Phi) is 4.55. The molecule has 6 heteroatoms. The van der Waals surface area contributed by atoms with Gasteiger partial charge in [-0.1, -0.05) is 11.8 Å². The van der Waals surface area contributed by atoms with E-state index in [1.165, 1.54) is 11.3 Å². The maximum absolute atomic E-state index is 11.9. The van der Waals surface area contributed by atoms with E-state index in [4.69, 9.17) is 5.73 Å². The maximum Gasteiger partial charge on any atom is 0.261 e. The van der Waals surface area contributed by atoms with E-state index in [0.29, 0.717) is 24.4 Å². The van der Waals surface area contributed by atoms with Gasteiger partial charge >= 0.3 is 0 Å². The average Bonchev–Trinajstić information content (AvgIpc) is 3.02. The molecule has 0 aliphatic carbocycles. The van der Waals surface area contributed by atoms with E-state index in [9.17, 15) is 9.59 Å². The summed E-state index contributed by atoms with van der Waals surface area (Å²) in [6.07, 6.45) is 1.31. The molecular formula is C13H15N3O2S. The van der Waals surface area contributed by atoms with E-state index in [1.807, 2.05) is 0 Å². The predicted octanol–water partition coefficient (Wildman–Crippen LogP) is 0.0667. The fraction of sp³-hybridized carbons (Fsp3) is 0.385. The van der Waals surface area contributed by atoms with Crippen molar-refractivity contribution in [3.05, 3.63) is 21.9 Å². The monoisotopic (exact) mass is 277 g/mol. The zero-order chi connectivity index (χ0) is 13.7. The first-order valence-corrected chi connectivity index (χ1v) is 6.87. The number of nitrogens with two attached hydrogens (primary N) is 1. The van der Waals surface area contributed by atoms with Crippen LogP contribution in [0.1, 0.15) is 27.4 Å². The van der Waals surface area contributed by atoms with Crippen LogP contribution in [0.4, 0.5) is 0 Å². The van der Waals surface area contributed by atoms with Crippen LogP contribution in [0, 0.1) is 11.8 Å². The fourth-order valence-corrected chi connectivity index (χ4v) is 2.60. The first-order valence-electron chi connectivity index (χ1n) is 6.05. The molecule has 1 aromatic heterocycles. The summed E-state index contributed by atoms with van der Waals surface area (Å²) >= 11 is 1.34. The van der Waals surface area contributed by atoms with Crippen LogP contribution in [-0.4, -0.2) is 30.9 Å². The molecule has 0 spiro atoms. The molecule has 4 N–H and O–H groups in total. The molecule has 100 valence electrons. The van der Waals surface area contributed by atoms with Crippen LogP contribution in [0.5, 0.6) is 0 Å². The van der Waals surface area contributed by atoms with E-state index in [1.54, 1.807) is 12.1 Å². The van der Waals surface area contributed by atoms with E-state index < -0.39 is 0 Å². The summed E-state index contributed by atoms with van der Waals surface area (Å²) in [6.45, 7) is 0.771. The van der Waals surface area contributed by atoms with Gasteiger partial charge in [0.05, 0.1) is 16.3 Å². The fourth-order valence-electron chi connectivity index (χ4n) is 1.80. The van der Waals surface area contributed by atoms with Gasteiger partial charge in [-0.2, -0.15) is 0 Å². The number of rotatable bonds is 3. The molecule has 2 heterocycles. The highest BCUT2D eigenvalue weighted by Crippen LogP contribution is 2.15. The summed E-state index contributed by atoms with van der Waals surface area (Å²) in [4.78, 5) is 24.3. The van der Waals surface area contributed by atoms with Crippen molar-refractivity contribution in [2.45, 2.75) is 18.9 Å². The molecule has 5 nitrogen and oxygen atoms in total. The molecule has 19 heavy (non-hydrogen) atoms. The molecule has 1 aromatic rings. The quantitative estimate of drug-likeness (QED) is 0.683. The number of nitrogens with one attached hydrogen (secondary N) is 2. The summed E-state index contributed by atoms with van der Waals surface area (Å²) < 4.78 is 0. The molecule has 1 atom stereocenters. The third kappa shape index (κ3) is 3.81. The minimum absolute atomic E-state index is 0.0490. The summed E-state index contributed by atoms with van der Waals surface area (Å²) in [7, 11) is 0. The van der Waals surface area contributed by atoms with Crippen molar-refractivity contribution < 1.29 is 9.59 Å². The molecule has 1 aliphatic heterocycles. The Bertz CT molecular complexity index is 542. The van der Waals surface area contributed by atoms with Crippen molar-refractivity contribution in [1.82, 2.24) is 10.6 Å². The predicted molar refractivity (Wildman–Crippen MR) is 73.7 cm³/mol. The van der Waals surface area contributed by atoms with Crippen LogP contribution in [0.2, 0.25) is 0 Å². The molecule has 0 bridgehead atoms. The van der Waals surface area contributed by atoms with Crippen LogP contribution in [-0.2, 0) is 4.79 Å². The van der Waals surface area contributed by atoms with Crippen LogP contribution in [0.15, 0.2) is 12.1 Å². The Morgan fingerprint density at radius 1 is 1.58 bits per heavy atom. The van der Waals surface area contributed by atoms with Crippen LogP contribution in [0.25, 0.3) is 0 Å². The molecule has 0 radical (unpaired) electrons. The van der Waals surface area contributed by atoms with Crippen LogP contribution < -0.4 is 16.4 Å². The third-order valence-corrected chi connectivity index (χ3v) is 3.74. The highest BCUT2D eigenvalue weighted by Gasteiger charge is 2.21. The highest BCUT2D eigenvalue weighted by atomic mass is 32.1. The first kappa shape index (κ1) is 13.6. The molecule has 1 saturated heterocycles. The largest absolute Gasteiger partial charge is 0.352 e. The van der Waals surface area contributed by atoms with Gasteiger partial charge in [-0.15, -0.1) is 11.3 Å². The number of hydrogen-bond donors (Lipinski definition) is 3. The van der Waals surface area contributed by atoms with Crippen molar-refractivity contribution in [3.8, 4) is 11.8 Å². The van der Waals surface area contributed by atoms with Gasteiger partial charge in [-0.05, 0) is 18.6 Å². The third-order valence-electron chi connectivity index (χ3n) is 2.74. The topological polar surface area (TPSA) is 84.2 Å². The highest BCUT2D eigenvalue weighted by molar-refractivity contribution is 7.14. The second-order valence-corrected chi connectivity index (χ2v) is 5.27. The van der Waals surface area contributed by atoms with E-state index >= 15 is 0 Å². The second kappa shape index (κ2) is 6.36. The lowest BCUT2D eigenvalue weighted by Gasteiger charge is -2.10. The van der Waals surface area contributed by atoms with Gasteiger partial charge in [0, 0.05) is 19.0 Å². The Balaban J connectivity index is 1.86. The number of carbonyl (C=O) groups is 2. The number of carbonyl (C=O) groups excluding carboxylic acids is 2. The molecule has 1 aliphatic rings. The lowest BCUT2D eigenvalue weighted by molar-refractivity contribution is -0.119. The van der Waals surface area contributed by atoms with Gasteiger partial charge in [0.2, 0.25) is 5.91 Å². The smallest absolute Gasteiger partial charge is 0.261 e.